The van der Waals surface area contributed by atoms with Gasteiger partial charge in [0, 0.05) is 12.3 Å². The van der Waals surface area contributed by atoms with Gasteiger partial charge in [-0.1, -0.05) is 55.3 Å². The molecule has 0 saturated heterocycles. The number of rotatable bonds is 9. The molecular formula is C27H43BrO3. The topological polar surface area (TPSA) is 43.4 Å². The zero-order chi connectivity index (χ0) is 23.4. The highest BCUT2D eigenvalue weighted by molar-refractivity contribution is 9.11. The second-order valence-electron chi connectivity index (χ2n) is 11.3. The van der Waals surface area contributed by atoms with Crippen LogP contribution in [0.15, 0.2) is 22.7 Å². The highest BCUT2D eigenvalue weighted by atomic mass is 79.9. The fourth-order valence-electron chi connectivity index (χ4n) is 6.10. The van der Waals surface area contributed by atoms with Crippen molar-refractivity contribution in [2.45, 2.75) is 92.9 Å². The van der Waals surface area contributed by atoms with Crippen molar-refractivity contribution in [1.29, 1.82) is 0 Å². The number of halogens is 1. The van der Waals surface area contributed by atoms with E-state index in [1.54, 1.807) is 5.57 Å². The van der Waals surface area contributed by atoms with Crippen molar-refractivity contribution < 1.29 is 14.3 Å². The molecule has 176 valence electrons. The van der Waals surface area contributed by atoms with Crippen LogP contribution in [0.3, 0.4) is 0 Å². The number of esters is 1. The molecule has 2 rings (SSSR count). The van der Waals surface area contributed by atoms with Crippen LogP contribution in [0.5, 0.6) is 0 Å². The van der Waals surface area contributed by atoms with E-state index in [0.29, 0.717) is 29.6 Å². The lowest BCUT2D eigenvalue weighted by Gasteiger charge is -2.44. The molecule has 0 unspecified atom stereocenters. The molecule has 2 saturated carbocycles. The van der Waals surface area contributed by atoms with E-state index in [1.807, 2.05) is 20.8 Å². The Hall–Kier alpha value is -0.900. The monoisotopic (exact) mass is 494 g/mol. The minimum atomic E-state index is -0.546. The molecule has 31 heavy (non-hydrogen) atoms. The zero-order valence-electron chi connectivity index (χ0n) is 20.6. The van der Waals surface area contributed by atoms with Gasteiger partial charge in [-0.3, -0.25) is 9.59 Å². The maximum Gasteiger partial charge on any atom is 0.311 e. The van der Waals surface area contributed by atoms with Crippen molar-refractivity contribution in [2.24, 2.45) is 34.5 Å². The molecule has 2 aliphatic carbocycles. The van der Waals surface area contributed by atoms with Crippen LogP contribution in [0.1, 0.15) is 92.9 Å². The average Bonchev–Trinajstić information content (AvgIpc) is 3.06. The summed E-state index contributed by atoms with van der Waals surface area (Å²) in [6.45, 7) is 16.6. The van der Waals surface area contributed by atoms with Crippen LogP contribution in [-0.4, -0.2) is 18.4 Å². The van der Waals surface area contributed by atoms with Crippen molar-refractivity contribution in [3.8, 4) is 0 Å². The molecule has 0 heterocycles. The summed E-state index contributed by atoms with van der Waals surface area (Å²) in [6.07, 6.45) is 8.45. The number of Topliss-reactive ketones (excluding diaryl/α,β-unsaturated/α-hetero) is 1. The normalized spacial score (nSPS) is 29.3. The number of carbonyl (C=O) groups excluding carboxylic acids is 2. The molecule has 0 aromatic heterocycles. The third-order valence-corrected chi connectivity index (χ3v) is 8.44. The molecule has 3 nitrogen and oxygen atoms in total. The first kappa shape index (κ1) is 26.4. The quantitative estimate of drug-likeness (QED) is 0.244. The van der Waals surface area contributed by atoms with E-state index < -0.39 is 5.41 Å². The lowest BCUT2D eigenvalue weighted by molar-refractivity contribution is -0.152. The van der Waals surface area contributed by atoms with Gasteiger partial charge < -0.3 is 4.74 Å². The highest BCUT2D eigenvalue weighted by Gasteiger charge is 2.51. The molecule has 0 N–H and O–H groups in total. The molecule has 5 atom stereocenters. The molecule has 0 aliphatic heterocycles. The smallest absolute Gasteiger partial charge is 0.311 e. The van der Waals surface area contributed by atoms with Gasteiger partial charge in [0.25, 0.3) is 0 Å². The number of hydrogen-bond acceptors (Lipinski definition) is 3. The summed E-state index contributed by atoms with van der Waals surface area (Å²) in [4.78, 5) is 27.6. The molecule has 0 spiro atoms. The van der Waals surface area contributed by atoms with E-state index in [4.69, 9.17) is 4.74 Å². The predicted molar refractivity (Wildman–Crippen MR) is 132 cm³/mol. The second-order valence-corrected chi connectivity index (χ2v) is 11.7. The summed E-state index contributed by atoms with van der Waals surface area (Å²) in [6, 6.07) is 0. The van der Waals surface area contributed by atoms with Crippen LogP contribution in [0.2, 0.25) is 0 Å². The molecule has 2 fully saturated rings. The lowest BCUT2D eigenvalue weighted by atomic mass is 9.61. The summed E-state index contributed by atoms with van der Waals surface area (Å²) >= 11 is 3.60. The fourth-order valence-corrected chi connectivity index (χ4v) is 6.65. The summed E-state index contributed by atoms with van der Waals surface area (Å²) in [7, 11) is 0. The standard InChI is InChI=1S/C27H43BrO3/c1-8-10-21(19(3)17-31-25(30)26(4,5)6)24(29)15-18(2)22-12-13-23-20(16-28)11-9-14-27(22,23)7/h16,18,21-23H,3,8-15,17H2,1-2,4-7H3/b20-16+/t18-,21-,22-,23+,27-/m1/s1. The van der Waals surface area contributed by atoms with Gasteiger partial charge in [0.15, 0.2) is 0 Å². The van der Waals surface area contributed by atoms with Gasteiger partial charge in [-0.15, -0.1) is 0 Å². The molecule has 0 bridgehead atoms. The average molecular weight is 496 g/mol. The molecule has 2 aliphatic rings. The van der Waals surface area contributed by atoms with Crippen molar-refractivity contribution in [1.82, 2.24) is 0 Å². The fraction of sp³-hybridized carbons (Fsp3) is 0.778. The first-order valence-electron chi connectivity index (χ1n) is 12.1. The van der Waals surface area contributed by atoms with Crippen molar-refractivity contribution in [2.75, 3.05) is 6.61 Å². The molecule has 4 heteroatoms. The number of fused-ring (bicyclic) bond motifs is 1. The Kier molecular flexibility index (Phi) is 9.19. The van der Waals surface area contributed by atoms with Crippen molar-refractivity contribution >= 4 is 27.7 Å². The third-order valence-electron chi connectivity index (χ3n) is 7.85. The van der Waals surface area contributed by atoms with Gasteiger partial charge in [0.1, 0.15) is 12.4 Å². The van der Waals surface area contributed by atoms with Crippen LogP contribution < -0.4 is 0 Å². The molecule has 0 radical (unpaired) electrons. The van der Waals surface area contributed by atoms with Gasteiger partial charge in [-0.05, 0) is 93.0 Å². The number of carbonyl (C=O) groups is 2. The number of hydrogen-bond donors (Lipinski definition) is 0. The Morgan fingerprint density at radius 1 is 1.32 bits per heavy atom. The van der Waals surface area contributed by atoms with Gasteiger partial charge in [0.05, 0.1) is 5.41 Å². The third kappa shape index (κ3) is 6.12. The Bertz CT molecular complexity index is 702. The van der Waals surface area contributed by atoms with Crippen molar-refractivity contribution in [3.05, 3.63) is 22.7 Å². The maximum absolute atomic E-state index is 13.3. The Labute approximate surface area is 198 Å². The summed E-state index contributed by atoms with van der Waals surface area (Å²) in [5.74, 6) is 1.41. The van der Waals surface area contributed by atoms with Crippen LogP contribution in [0.25, 0.3) is 0 Å². The Balaban J connectivity index is 2.03. The van der Waals surface area contributed by atoms with Crippen LogP contribution in [-0.2, 0) is 14.3 Å². The maximum atomic E-state index is 13.3. The number of allylic oxidation sites excluding steroid dienone is 1. The summed E-state index contributed by atoms with van der Waals surface area (Å²) < 4.78 is 5.46. The van der Waals surface area contributed by atoms with E-state index in [-0.39, 0.29) is 24.3 Å². The SMILES string of the molecule is C=C(COC(=O)C(C)(C)C)[C@@H](CCC)C(=O)C[C@@H](C)[C@H]1CC[C@H]2/C(=C/Br)CCC[C@]12C. The van der Waals surface area contributed by atoms with E-state index in [9.17, 15) is 9.59 Å². The van der Waals surface area contributed by atoms with Crippen molar-refractivity contribution in [3.63, 3.8) is 0 Å². The minimum Gasteiger partial charge on any atom is -0.461 e. The molecule has 0 amide bonds. The first-order chi connectivity index (χ1) is 14.5. The first-order valence-corrected chi connectivity index (χ1v) is 13.0. The second kappa shape index (κ2) is 10.8. The van der Waals surface area contributed by atoms with Crippen LogP contribution in [0, 0.1) is 34.5 Å². The molecular weight excluding hydrogens is 452 g/mol. The van der Waals surface area contributed by atoms with Crippen LogP contribution in [0.4, 0.5) is 0 Å². The predicted octanol–water partition coefficient (Wildman–Crippen LogP) is 7.64. The zero-order valence-corrected chi connectivity index (χ0v) is 22.1. The van der Waals surface area contributed by atoms with E-state index >= 15 is 0 Å². The number of ether oxygens (including phenoxy) is 1. The van der Waals surface area contributed by atoms with E-state index in [0.717, 1.165) is 18.4 Å². The van der Waals surface area contributed by atoms with E-state index in [1.165, 1.54) is 32.1 Å². The van der Waals surface area contributed by atoms with Gasteiger partial charge in [0.2, 0.25) is 0 Å². The summed E-state index contributed by atoms with van der Waals surface area (Å²) in [5, 5.41) is 0. The van der Waals surface area contributed by atoms with Gasteiger partial charge in [-0.25, -0.2) is 0 Å². The Morgan fingerprint density at radius 3 is 2.58 bits per heavy atom. The largest absolute Gasteiger partial charge is 0.461 e. The lowest BCUT2D eigenvalue weighted by Crippen LogP contribution is -2.37. The van der Waals surface area contributed by atoms with Gasteiger partial charge in [-0.2, -0.15) is 0 Å². The molecule has 0 aromatic carbocycles. The van der Waals surface area contributed by atoms with Crippen LogP contribution >= 0.6 is 15.9 Å². The van der Waals surface area contributed by atoms with Gasteiger partial charge >= 0.3 is 5.97 Å². The summed E-state index contributed by atoms with van der Waals surface area (Å²) in [5.41, 5.74) is 2.06. The number of ketones is 1. The Morgan fingerprint density at radius 2 is 2.00 bits per heavy atom. The highest BCUT2D eigenvalue weighted by Crippen LogP contribution is 2.60. The minimum absolute atomic E-state index is 0.142. The van der Waals surface area contributed by atoms with E-state index in [2.05, 4.69) is 48.3 Å². The molecule has 0 aromatic rings.